The number of nitrogens with two attached hydrogens (primary N) is 1. The van der Waals surface area contributed by atoms with Crippen LogP contribution in [0.1, 0.15) is 23.7 Å². The second-order valence-electron chi connectivity index (χ2n) is 3.85. The molecule has 18 heavy (non-hydrogen) atoms. The van der Waals surface area contributed by atoms with Crippen molar-refractivity contribution in [3.63, 3.8) is 0 Å². The van der Waals surface area contributed by atoms with Gasteiger partial charge in [-0.3, -0.25) is 4.79 Å². The van der Waals surface area contributed by atoms with Crippen molar-refractivity contribution in [3.05, 3.63) is 23.8 Å². The van der Waals surface area contributed by atoms with Gasteiger partial charge in [0.25, 0.3) is 5.91 Å². The second-order valence-corrected chi connectivity index (χ2v) is 3.85. The Morgan fingerprint density at radius 2 is 2.28 bits per heavy atom. The number of para-hydroxylation sites is 1. The summed E-state index contributed by atoms with van der Waals surface area (Å²) in [5, 5.41) is 0. The molecule has 0 radical (unpaired) electrons. The van der Waals surface area contributed by atoms with Crippen molar-refractivity contribution in [1.29, 1.82) is 0 Å². The first-order valence-electron chi connectivity index (χ1n) is 5.80. The van der Waals surface area contributed by atoms with E-state index in [0.29, 0.717) is 23.5 Å². The van der Waals surface area contributed by atoms with Crippen LogP contribution < -0.4 is 10.5 Å². The fraction of sp³-hybridized carbons (Fsp3) is 0.357. The van der Waals surface area contributed by atoms with E-state index in [2.05, 4.69) is 5.92 Å². The fourth-order valence-electron chi connectivity index (χ4n) is 1.71. The van der Waals surface area contributed by atoms with Crippen LogP contribution in [0.15, 0.2) is 18.2 Å². The van der Waals surface area contributed by atoms with Crippen molar-refractivity contribution < 1.29 is 9.53 Å². The van der Waals surface area contributed by atoms with Crippen LogP contribution in [0, 0.1) is 12.3 Å². The Labute approximate surface area is 108 Å². The number of anilines is 1. The maximum Gasteiger partial charge on any atom is 0.256 e. The molecule has 1 aromatic rings. The minimum atomic E-state index is -0.161. The van der Waals surface area contributed by atoms with E-state index < -0.39 is 0 Å². The number of ether oxygens (including phenoxy) is 1. The van der Waals surface area contributed by atoms with E-state index in [4.69, 9.17) is 16.9 Å². The van der Waals surface area contributed by atoms with Gasteiger partial charge in [-0.05, 0) is 18.6 Å². The Morgan fingerprint density at radius 1 is 1.56 bits per heavy atom. The molecule has 0 heterocycles. The Morgan fingerprint density at radius 3 is 2.83 bits per heavy atom. The first kappa shape index (κ1) is 13.9. The monoisotopic (exact) mass is 246 g/mol. The number of terminal acetylenes is 1. The lowest BCUT2D eigenvalue weighted by Crippen LogP contribution is -2.32. The molecule has 0 bridgehead atoms. The van der Waals surface area contributed by atoms with Gasteiger partial charge in [-0.15, -0.1) is 6.42 Å². The SMILES string of the molecule is C#CCN(CCC)C(=O)c1cccc(OC)c1N. The van der Waals surface area contributed by atoms with Gasteiger partial charge in [0, 0.05) is 6.54 Å². The van der Waals surface area contributed by atoms with Crippen LogP contribution in [-0.4, -0.2) is 31.0 Å². The number of hydrogen-bond donors (Lipinski definition) is 1. The van der Waals surface area contributed by atoms with E-state index in [-0.39, 0.29) is 12.5 Å². The van der Waals surface area contributed by atoms with Gasteiger partial charge < -0.3 is 15.4 Å². The summed E-state index contributed by atoms with van der Waals surface area (Å²) < 4.78 is 5.10. The number of nitrogens with zero attached hydrogens (tertiary/aromatic N) is 1. The first-order chi connectivity index (χ1) is 8.65. The highest BCUT2D eigenvalue weighted by molar-refractivity contribution is 6.00. The van der Waals surface area contributed by atoms with E-state index in [9.17, 15) is 4.79 Å². The molecular weight excluding hydrogens is 228 g/mol. The summed E-state index contributed by atoms with van der Waals surface area (Å²) in [6.07, 6.45) is 6.11. The Kier molecular flexibility index (Phi) is 5.06. The number of rotatable bonds is 5. The zero-order valence-electron chi connectivity index (χ0n) is 10.8. The molecule has 0 unspecified atom stereocenters. The van der Waals surface area contributed by atoms with Gasteiger partial charge in [-0.1, -0.05) is 18.9 Å². The average Bonchev–Trinajstić information content (AvgIpc) is 2.38. The van der Waals surface area contributed by atoms with Crippen LogP contribution in [0.25, 0.3) is 0 Å². The van der Waals surface area contributed by atoms with Crippen molar-refractivity contribution >= 4 is 11.6 Å². The van der Waals surface area contributed by atoms with Gasteiger partial charge >= 0.3 is 0 Å². The third kappa shape index (κ3) is 2.95. The zero-order chi connectivity index (χ0) is 13.5. The molecule has 4 nitrogen and oxygen atoms in total. The van der Waals surface area contributed by atoms with Crippen LogP contribution in [0.3, 0.4) is 0 Å². The summed E-state index contributed by atoms with van der Waals surface area (Å²) in [5.74, 6) is 2.82. The maximum absolute atomic E-state index is 12.3. The molecular formula is C14H18N2O2. The number of carbonyl (C=O) groups excluding carboxylic acids is 1. The van der Waals surface area contributed by atoms with E-state index >= 15 is 0 Å². The molecule has 0 aliphatic heterocycles. The summed E-state index contributed by atoms with van der Waals surface area (Å²) >= 11 is 0. The van der Waals surface area contributed by atoms with Crippen LogP contribution in [0.4, 0.5) is 5.69 Å². The lowest BCUT2D eigenvalue weighted by atomic mass is 10.1. The summed E-state index contributed by atoms with van der Waals surface area (Å²) in [6, 6.07) is 5.14. The van der Waals surface area contributed by atoms with E-state index in [1.165, 1.54) is 7.11 Å². The van der Waals surface area contributed by atoms with Crippen molar-refractivity contribution in [1.82, 2.24) is 4.90 Å². The van der Waals surface area contributed by atoms with Crippen LogP contribution in [0.2, 0.25) is 0 Å². The van der Waals surface area contributed by atoms with Crippen molar-refractivity contribution in [2.75, 3.05) is 25.9 Å². The molecule has 0 atom stereocenters. The highest BCUT2D eigenvalue weighted by Crippen LogP contribution is 2.25. The summed E-state index contributed by atoms with van der Waals surface area (Å²) in [4.78, 5) is 13.9. The van der Waals surface area contributed by atoms with Crippen LogP contribution in [0.5, 0.6) is 5.75 Å². The lowest BCUT2D eigenvalue weighted by Gasteiger charge is -2.20. The zero-order valence-corrected chi connectivity index (χ0v) is 10.8. The number of carbonyl (C=O) groups is 1. The van der Waals surface area contributed by atoms with E-state index in [1.807, 2.05) is 6.92 Å². The van der Waals surface area contributed by atoms with Gasteiger partial charge in [0.2, 0.25) is 0 Å². The van der Waals surface area contributed by atoms with E-state index in [0.717, 1.165) is 6.42 Å². The molecule has 0 saturated heterocycles. The average molecular weight is 246 g/mol. The predicted octanol–water partition coefficient (Wildman–Crippen LogP) is 1.76. The smallest absolute Gasteiger partial charge is 0.256 e. The molecule has 96 valence electrons. The van der Waals surface area contributed by atoms with Gasteiger partial charge in [-0.2, -0.15) is 0 Å². The minimum Gasteiger partial charge on any atom is -0.495 e. The molecule has 0 spiro atoms. The van der Waals surface area contributed by atoms with Crippen molar-refractivity contribution in [2.24, 2.45) is 0 Å². The fourth-order valence-corrected chi connectivity index (χ4v) is 1.71. The molecule has 2 N–H and O–H groups in total. The number of methoxy groups -OCH3 is 1. The van der Waals surface area contributed by atoms with Gasteiger partial charge in [0.1, 0.15) is 5.75 Å². The maximum atomic E-state index is 12.3. The molecule has 0 fully saturated rings. The highest BCUT2D eigenvalue weighted by Gasteiger charge is 2.18. The van der Waals surface area contributed by atoms with Gasteiger partial charge in [0.15, 0.2) is 0 Å². The number of nitrogen functional groups attached to an aromatic ring is 1. The topological polar surface area (TPSA) is 55.6 Å². The molecule has 1 rings (SSSR count). The number of hydrogen-bond acceptors (Lipinski definition) is 3. The number of amides is 1. The largest absolute Gasteiger partial charge is 0.495 e. The normalized spacial score (nSPS) is 9.61. The first-order valence-corrected chi connectivity index (χ1v) is 5.80. The van der Waals surface area contributed by atoms with Crippen LogP contribution >= 0.6 is 0 Å². The van der Waals surface area contributed by atoms with Crippen molar-refractivity contribution in [3.8, 4) is 18.1 Å². The Bertz CT molecular complexity index is 463. The Balaban J connectivity index is 3.05. The third-order valence-electron chi connectivity index (χ3n) is 2.58. The predicted molar refractivity (Wildman–Crippen MR) is 72.4 cm³/mol. The summed E-state index contributed by atoms with van der Waals surface area (Å²) in [7, 11) is 1.52. The third-order valence-corrected chi connectivity index (χ3v) is 2.58. The molecule has 0 aliphatic carbocycles. The second kappa shape index (κ2) is 6.55. The number of benzene rings is 1. The van der Waals surface area contributed by atoms with Gasteiger partial charge in [-0.25, -0.2) is 0 Å². The highest BCUT2D eigenvalue weighted by atomic mass is 16.5. The molecule has 0 aliphatic rings. The molecule has 0 saturated carbocycles. The summed E-state index contributed by atoms with van der Waals surface area (Å²) in [6.45, 7) is 2.88. The molecule has 0 aromatic heterocycles. The standard InChI is InChI=1S/C14H18N2O2/c1-4-9-16(10-5-2)14(17)11-7-6-8-12(18-3)13(11)15/h1,6-8H,5,9-10,15H2,2-3H3. The summed E-state index contributed by atoms with van der Waals surface area (Å²) in [5.41, 5.74) is 6.68. The van der Waals surface area contributed by atoms with Crippen LogP contribution in [-0.2, 0) is 0 Å². The van der Waals surface area contributed by atoms with Gasteiger partial charge in [0.05, 0.1) is 24.9 Å². The molecule has 4 heteroatoms. The Hall–Kier alpha value is -2.15. The minimum absolute atomic E-state index is 0.161. The van der Waals surface area contributed by atoms with Crippen molar-refractivity contribution in [2.45, 2.75) is 13.3 Å². The molecule has 1 amide bonds. The van der Waals surface area contributed by atoms with E-state index in [1.54, 1.807) is 23.1 Å². The lowest BCUT2D eigenvalue weighted by molar-refractivity contribution is 0.0777. The molecule has 1 aromatic carbocycles. The quantitative estimate of drug-likeness (QED) is 0.636.